The predicted molar refractivity (Wildman–Crippen MR) is 77.1 cm³/mol. The van der Waals surface area contributed by atoms with Crippen molar-refractivity contribution in [1.29, 1.82) is 0 Å². The van der Waals surface area contributed by atoms with Crippen molar-refractivity contribution >= 4 is 11.8 Å². The van der Waals surface area contributed by atoms with Gasteiger partial charge < -0.3 is 16.0 Å². The summed E-state index contributed by atoms with van der Waals surface area (Å²) < 4.78 is 0. The van der Waals surface area contributed by atoms with Crippen molar-refractivity contribution in [1.82, 2.24) is 10.2 Å². The lowest BCUT2D eigenvalue weighted by atomic mass is 9.97. The Morgan fingerprint density at radius 1 is 1.30 bits per heavy atom. The summed E-state index contributed by atoms with van der Waals surface area (Å²) in [5.41, 5.74) is 6.05. The minimum atomic E-state index is -0.0622. The molecule has 1 aromatic carbocycles. The normalized spacial score (nSPS) is 18.6. The quantitative estimate of drug-likeness (QED) is 0.845. The molecular formula is C15H21N3O2. The first-order valence-corrected chi connectivity index (χ1v) is 7.02. The van der Waals surface area contributed by atoms with Crippen molar-refractivity contribution in [3.63, 3.8) is 0 Å². The van der Waals surface area contributed by atoms with E-state index in [0.29, 0.717) is 24.6 Å². The highest BCUT2D eigenvalue weighted by atomic mass is 16.2. The summed E-state index contributed by atoms with van der Waals surface area (Å²) in [5, 5.41) is 2.94. The van der Waals surface area contributed by atoms with Gasteiger partial charge in [-0.15, -0.1) is 0 Å². The molecule has 2 amide bonds. The summed E-state index contributed by atoms with van der Waals surface area (Å²) in [7, 11) is 0. The molecule has 0 bridgehead atoms. The summed E-state index contributed by atoms with van der Waals surface area (Å²) >= 11 is 0. The minimum absolute atomic E-state index is 0.0101. The van der Waals surface area contributed by atoms with E-state index in [-0.39, 0.29) is 18.4 Å². The Bertz CT molecular complexity index is 461. The van der Waals surface area contributed by atoms with Crippen LogP contribution in [0.4, 0.5) is 0 Å². The van der Waals surface area contributed by atoms with Gasteiger partial charge in [-0.05, 0) is 30.9 Å². The van der Waals surface area contributed by atoms with Crippen LogP contribution < -0.4 is 11.1 Å². The van der Waals surface area contributed by atoms with Gasteiger partial charge in [0.2, 0.25) is 5.91 Å². The van der Waals surface area contributed by atoms with Crippen molar-refractivity contribution < 1.29 is 9.59 Å². The maximum absolute atomic E-state index is 11.9. The van der Waals surface area contributed by atoms with Crippen molar-refractivity contribution in [2.75, 3.05) is 26.2 Å². The van der Waals surface area contributed by atoms with Crippen molar-refractivity contribution in [2.24, 2.45) is 11.7 Å². The highest BCUT2D eigenvalue weighted by Crippen LogP contribution is 2.15. The Hall–Kier alpha value is -1.88. The zero-order valence-electron chi connectivity index (χ0n) is 11.5. The van der Waals surface area contributed by atoms with Crippen LogP contribution in [0.1, 0.15) is 23.2 Å². The van der Waals surface area contributed by atoms with Crippen molar-refractivity contribution in [3.05, 3.63) is 35.9 Å². The Morgan fingerprint density at radius 3 is 2.75 bits per heavy atom. The average Bonchev–Trinajstić information content (AvgIpc) is 2.53. The molecule has 1 fully saturated rings. The smallest absolute Gasteiger partial charge is 0.251 e. The van der Waals surface area contributed by atoms with Gasteiger partial charge in [-0.3, -0.25) is 9.59 Å². The summed E-state index contributed by atoms with van der Waals surface area (Å²) in [6.07, 6.45) is 2.00. The molecule has 1 unspecified atom stereocenters. The van der Waals surface area contributed by atoms with Gasteiger partial charge in [0.05, 0.1) is 6.54 Å². The lowest BCUT2D eigenvalue weighted by Gasteiger charge is -2.32. The fourth-order valence-electron chi connectivity index (χ4n) is 2.52. The van der Waals surface area contributed by atoms with Crippen LogP contribution in [0.25, 0.3) is 0 Å². The van der Waals surface area contributed by atoms with Crippen LogP contribution in [0.15, 0.2) is 30.3 Å². The summed E-state index contributed by atoms with van der Waals surface area (Å²) in [6, 6.07) is 9.16. The maximum Gasteiger partial charge on any atom is 0.251 e. The standard InChI is InChI=1S/C15H21N3O2/c16-9-14(19)18-8-4-5-12(11-18)10-17-15(20)13-6-2-1-3-7-13/h1-3,6-7,12H,4-5,8-11,16H2,(H,17,20). The fraction of sp³-hybridized carbons (Fsp3) is 0.467. The molecule has 0 aliphatic carbocycles. The van der Waals surface area contributed by atoms with Crippen LogP contribution in [-0.4, -0.2) is 42.9 Å². The molecule has 0 radical (unpaired) electrons. The molecule has 0 saturated carbocycles. The number of benzene rings is 1. The van der Waals surface area contributed by atoms with Crippen LogP contribution in [0, 0.1) is 5.92 Å². The number of nitrogens with one attached hydrogen (secondary N) is 1. The van der Waals surface area contributed by atoms with E-state index in [1.807, 2.05) is 18.2 Å². The van der Waals surface area contributed by atoms with Gasteiger partial charge in [-0.25, -0.2) is 0 Å². The molecule has 1 aliphatic heterocycles. The number of rotatable bonds is 4. The van der Waals surface area contributed by atoms with Gasteiger partial charge in [-0.1, -0.05) is 18.2 Å². The number of nitrogens with zero attached hydrogens (tertiary/aromatic N) is 1. The minimum Gasteiger partial charge on any atom is -0.352 e. The molecule has 2 rings (SSSR count). The van der Waals surface area contributed by atoms with Gasteiger partial charge in [0, 0.05) is 25.2 Å². The van der Waals surface area contributed by atoms with Crippen LogP contribution >= 0.6 is 0 Å². The number of nitrogens with two attached hydrogens (primary N) is 1. The van der Waals surface area contributed by atoms with Crippen LogP contribution in [0.3, 0.4) is 0 Å². The molecule has 20 heavy (non-hydrogen) atoms. The van der Waals surface area contributed by atoms with E-state index in [4.69, 9.17) is 5.73 Å². The van der Waals surface area contributed by atoms with Crippen LogP contribution in [0.5, 0.6) is 0 Å². The summed E-state index contributed by atoms with van der Waals surface area (Å²) in [5.74, 6) is 0.240. The zero-order valence-corrected chi connectivity index (χ0v) is 11.5. The Morgan fingerprint density at radius 2 is 2.05 bits per heavy atom. The van der Waals surface area contributed by atoms with Gasteiger partial charge in [0.15, 0.2) is 0 Å². The van der Waals surface area contributed by atoms with Gasteiger partial charge in [0.1, 0.15) is 0 Å². The first-order chi connectivity index (χ1) is 9.70. The zero-order chi connectivity index (χ0) is 14.4. The molecule has 108 valence electrons. The highest BCUT2D eigenvalue weighted by molar-refractivity contribution is 5.94. The lowest BCUT2D eigenvalue weighted by Crippen LogP contribution is -2.45. The Labute approximate surface area is 119 Å². The number of carbonyl (C=O) groups excluding carboxylic acids is 2. The molecule has 5 nitrogen and oxygen atoms in total. The number of amides is 2. The van der Waals surface area contributed by atoms with Crippen LogP contribution in [-0.2, 0) is 4.79 Å². The molecule has 5 heteroatoms. The molecule has 0 aromatic heterocycles. The third-order valence-electron chi connectivity index (χ3n) is 3.63. The second kappa shape index (κ2) is 7.05. The van der Waals surface area contributed by atoms with E-state index >= 15 is 0 Å². The van der Waals surface area contributed by atoms with E-state index < -0.39 is 0 Å². The molecule has 1 saturated heterocycles. The number of hydrogen-bond acceptors (Lipinski definition) is 3. The number of carbonyl (C=O) groups is 2. The maximum atomic E-state index is 11.9. The third kappa shape index (κ3) is 3.81. The third-order valence-corrected chi connectivity index (χ3v) is 3.63. The van der Waals surface area contributed by atoms with E-state index in [9.17, 15) is 9.59 Å². The molecule has 1 aliphatic rings. The highest BCUT2D eigenvalue weighted by Gasteiger charge is 2.23. The monoisotopic (exact) mass is 275 g/mol. The average molecular weight is 275 g/mol. The summed E-state index contributed by atoms with van der Waals surface area (Å²) in [6.45, 7) is 2.12. The Balaban J connectivity index is 1.82. The topological polar surface area (TPSA) is 75.4 Å². The van der Waals surface area contributed by atoms with Crippen molar-refractivity contribution in [3.8, 4) is 0 Å². The van der Waals surface area contributed by atoms with E-state index in [2.05, 4.69) is 5.32 Å². The molecule has 1 atom stereocenters. The van der Waals surface area contributed by atoms with Crippen molar-refractivity contribution in [2.45, 2.75) is 12.8 Å². The Kier molecular flexibility index (Phi) is 5.12. The van der Waals surface area contributed by atoms with E-state index in [1.165, 1.54) is 0 Å². The van der Waals surface area contributed by atoms with E-state index in [0.717, 1.165) is 19.4 Å². The molecule has 1 heterocycles. The second-order valence-electron chi connectivity index (χ2n) is 5.13. The number of piperidine rings is 1. The number of hydrogen-bond donors (Lipinski definition) is 2. The second-order valence-corrected chi connectivity index (χ2v) is 5.13. The van der Waals surface area contributed by atoms with Gasteiger partial charge in [0.25, 0.3) is 5.91 Å². The molecule has 1 aromatic rings. The largest absolute Gasteiger partial charge is 0.352 e. The summed E-state index contributed by atoms with van der Waals surface area (Å²) in [4.78, 5) is 25.3. The number of likely N-dealkylation sites (tertiary alicyclic amines) is 1. The molecule has 0 spiro atoms. The lowest BCUT2D eigenvalue weighted by molar-refractivity contribution is -0.131. The first-order valence-electron chi connectivity index (χ1n) is 7.02. The van der Waals surface area contributed by atoms with E-state index in [1.54, 1.807) is 17.0 Å². The van der Waals surface area contributed by atoms with Gasteiger partial charge in [-0.2, -0.15) is 0 Å². The van der Waals surface area contributed by atoms with Crippen LogP contribution in [0.2, 0.25) is 0 Å². The fourth-order valence-corrected chi connectivity index (χ4v) is 2.52. The molecule has 3 N–H and O–H groups in total. The first kappa shape index (κ1) is 14.5. The molecular weight excluding hydrogens is 254 g/mol. The predicted octanol–water partition coefficient (Wildman–Crippen LogP) is 0.614. The van der Waals surface area contributed by atoms with Gasteiger partial charge >= 0.3 is 0 Å². The SMILES string of the molecule is NCC(=O)N1CCCC(CNC(=O)c2ccccc2)C1.